The molecule has 0 saturated heterocycles. The first-order chi connectivity index (χ1) is 9.96. The van der Waals surface area contributed by atoms with Crippen LogP contribution in [0.2, 0.25) is 0 Å². The van der Waals surface area contributed by atoms with E-state index in [1.165, 1.54) is 6.33 Å². The predicted molar refractivity (Wildman–Crippen MR) is 75.3 cm³/mol. The lowest BCUT2D eigenvalue weighted by molar-refractivity contribution is -0.0591. The van der Waals surface area contributed by atoms with E-state index in [0.29, 0.717) is 5.69 Å². The van der Waals surface area contributed by atoms with E-state index in [1.807, 2.05) is 20.8 Å². The van der Waals surface area contributed by atoms with Gasteiger partial charge in [-0.3, -0.25) is 14.7 Å². The van der Waals surface area contributed by atoms with Crippen molar-refractivity contribution in [1.29, 1.82) is 0 Å². The molecule has 2 heterocycles. The second-order valence-corrected chi connectivity index (χ2v) is 5.97. The second-order valence-electron chi connectivity index (χ2n) is 5.97. The highest BCUT2D eigenvalue weighted by Gasteiger charge is 2.27. The largest absolute Gasteiger partial charge is 0.296 e. The smallest absolute Gasteiger partial charge is 0.281 e. The highest BCUT2D eigenvalue weighted by molar-refractivity contribution is 5.99. The zero-order valence-electron chi connectivity index (χ0n) is 12.2. The molecule has 21 heavy (non-hydrogen) atoms. The maximum Gasteiger partial charge on any atom is 0.296 e. The Morgan fingerprint density at radius 2 is 2.19 bits per heavy atom. The lowest BCUT2D eigenvalue weighted by Crippen LogP contribution is -2.34. The molecule has 1 aliphatic rings. The topological polar surface area (TPSA) is 92.8 Å². The van der Waals surface area contributed by atoms with Gasteiger partial charge in [0.2, 0.25) is 0 Å². The molecule has 0 fully saturated rings. The molecule has 0 spiro atoms. The van der Waals surface area contributed by atoms with Gasteiger partial charge < -0.3 is 0 Å². The number of hydrogen-bond donors (Lipinski definition) is 2. The van der Waals surface area contributed by atoms with Gasteiger partial charge in [0.1, 0.15) is 6.33 Å². The van der Waals surface area contributed by atoms with Gasteiger partial charge in [0.15, 0.2) is 5.69 Å². The summed E-state index contributed by atoms with van der Waals surface area (Å²) < 4.78 is 0. The van der Waals surface area contributed by atoms with Gasteiger partial charge in [-0.05, 0) is 39.2 Å². The fourth-order valence-electron chi connectivity index (χ4n) is 2.25. The standard InChI is InChI=1S/C14H17N5O2/c1-14(2,3)21-19-13(20)12-10-9(17-18-12)5-4-8-6-15-7-16-11(8)10/h6-7H,4-5H2,1-3H3,(H,17,18)(H,19,20). The molecule has 2 N–H and O–H groups in total. The van der Waals surface area contributed by atoms with Crippen molar-refractivity contribution in [3.8, 4) is 11.3 Å². The molecule has 0 unspecified atom stereocenters. The van der Waals surface area contributed by atoms with E-state index in [1.54, 1.807) is 6.20 Å². The Labute approximate surface area is 122 Å². The van der Waals surface area contributed by atoms with E-state index in [2.05, 4.69) is 25.6 Å². The van der Waals surface area contributed by atoms with Crippen molar-refractivity contribution >= 4 is 5.91 Å². The normalized spacial score (nSPS) is 13.5. The minimum Gasteiger partial charge on any atom is -0.281 e. The van der Waals surface area contributed by atoms with Gasteiger partial charge in [-0.25, -0.2) is 15.4 Å². The van der Waals surface area contributed by atoms with Crippen LogP contribution in [0.25, 0.3) is 11.3 Å². The number of hydrogen-bond acceptors (Lipinski definition) is 5. The van der Waals surface area contributed by atoms with Crippen LogP contribution in [0.3, 0.4) is 0 Å². The number of aromatic nitrogens is 4. The van der Waals surface area contributed by atoms with Crippen LogP contribution in [-0.2, 0) is 17.7 Å². The van der Waals surface area contributed by atoms with E-state index in [9.17, 15) is 4.79 Å². The average Bonchev–Trinajstić information content (AvgIpc) is 2.88. The summed E-state index contributed by atoms with van der Waals surface area (Å²) >= 11 is 0. The molecule has 2 aromatic heterocycles. The third kappa shape index (κ3) is 2.64. The third-order valence-corrected chi connectivity index (χ3v) is 3.18. The summed E-state index contributed by atoms with van der Waals surface area (Å²) in [7, 11) is 0. The molecule has 0 aromatic carbocycles. The molecule has 0 radical (unpaired) electrons. The van der Waals surface area contributed by atoms with Crippen molar-refractivity contribution in [2.45, 2.75) is 39.2 Å². The second kappa shape index (κ2) is 4.92. The molecule has 0 atom stereocenters. The van der Waals surface area contributed by atoms with Gasteiger partial charge in [-0.15, -0.1) is 0 Å². The molecule has 3 rings (SSSR count). The van der Waals surface area contributed by atoms with Crippen LogP contribution < -0.4 is 5.48 Å². The number of nitrogens with one attached hydrogen (secondary N) is 2. The molecule has 0 bridgehead atoms. The van der Waals surface area contributed by atoms with E-state index in [-0.39, 0.29) is 5.91 Å². The zero-order valence-corrected chi connectivity index (χ0v) is 12.2. The van der Waals surface area contributed by atoms with E-state index in [4.69, 9.17) is 4.84 Å². The number of carbonyl (C=O) groups is 1. The van der Waals surface area contributed by atoms with Crippen LogP contribution in [0.15, 0.2) is 12.5 Å². The van der Waals surface area contributed by atoms with Crippen molar-refractivity contribution in [2.24, 2.45) is 0 Å². The molecular formula is C14H17N5O2. The fourth-order valence-corrected chi connectivity index (χ4v) is 2.25. The molecule has 110 valence electrons. The van der Waals surface area contributed by atoms with Crippen molar-refractivity contribution in [3.05, 3.63) is 29.5 Å². The molecule has 1 aliphatic carbocycles. The Hall–Kier alpha value is -2.28. The SMILES string of the molecule is CC(C)(C)ONC(=O)c1n[nH]c2c1-c1ncncc1CC2. The number of fused-ring (bicyclic) bond motifs is 3. The molecule has 7 nitrogen and oxygen atoms in total. The Morgan fingerprint density at radius 1 is 1.38 bits per heavy atom. The van der Waals surface area contributed by atoms with E-state index < -0.39 is 5.60 Å². The van der Waals surface area contributed by atoms with Crippen LogP contribution >= 0.6 is 0 Å². The molecule has 0 saturated carbocycles. The predicted octanol–water partition coefficient (Wildman–Crippen LogP) is 1.43. The number of aryl methyl sites for hydroxylation is 2. The number of rotatable bonds is 2. The minimum atomic E-state index is -0.466. The van der Waals surface area contributed by atoms with Gasteiger partial charge in [0, 0.05) is 11.9 Å². The summed E-state index contributed by atoms with van der Waals surface area (Å²) in [5, 5.41) is 7.04. The quantitative estimate of drug-likeness (QED) is 0.815. The van der Waals surface area contributed by atoms with Crippen molar-refractivity contribution in [1.82, 2.24) is 25.6 Å². The van der Waals surface area contributed by atoms with Crippen LogP contribution in [-0.4, -0.2) is 31.7 Å². The Balaban J connectivity index is 1.94. The summed E-state index contributed by atoms with van der Waals surface area (Å²) in [5.41, 5.74) is 5.73. The number of amides is 1. The Morgan fingerprint density at radius 3 is 2.95 bits per heavy atom. The number of nitrogens with zero attached hydrogens (tertiary/aromatic N) is 3. The van der Waals surface area contributed by atoms with Crippen molar-refractivity contribution in [2.75, 3.05) is 0 Å². The molecule has 7 heteroatoms. The lowest BCUT2D eigenvalue weighted by Gasteiger charge is -2.19. The third-order valence-electron chi connectivity index (χ3n) is 3.18. The first-order valence-electron chi connectivity index (χ1n) is 6.80. The van der Waals surface area contributed by atoms with Gasteiger partial charge in [0.25, 0.3) is 5.91 Å². The summed E-state index contributed by atoms with van der Waals surface area (Å²) in [6.45, 7) is 5.57. The minimum absolute atomic E-state index is 0.300. The zero-order chi connectivity index (χ0) is 15.0. The number of H-pyrrole nitrogens is 1. The van der Waals surface area contributed by atoms with Crippen molar-refractivity contribution < 1.29 is 9.63 Å². The fraction of sp³-hybridized carbons (Fsp3) is 0.429. The summed E-state index contributed by atoms with van der Waals surface area (Å²) in [4.78, 5) is 25.9. The number of aromatic amines is 1. The molecular weight excluding hydrogens is 270 g/mol. The monoisotopic (exact) mass is 287 g/mol. The maximum atomic E-state index is 12.3. The molecule has 1 amide bonds. The number of hydroxylamine groups is 1. The first-order valence-corrected chi connectivity index (χ1v) is 6.80. The van der Waals surface area contributed by atoms with E-state index in [0.717, 1.165) is 35.4 Å². The van der Waals surface area contributed by atoms with Crippen LogP contribution in [0.4, 0.5) is 0 Å². The Bertz CT molecular complexity index is 687. The van der Waals surface area contributed by atoms with Gasteiger partial charge in [0.05, 0.1) is 16.9 Å². The summed E-state index contributed by atoms with van der Waals surface area (Å²) in [6, 6.07) is 0. The number of carbonyl (C=O) groups excluding carboxylic acids is 1. The van der Waals surface area contributed by atoms with Gasteiger partial charge >= 0.3 is 0 Å². The molecule has 2 aromatic rings. The van der Waals surface area contributed by atoms with E-state index >= 15 is 0 Å². The van der Waals surface area contributed by atoms with Crippen LogP contribution in [0.5, 0.6) is 0 Å². The summed E-state index contributed by atoms with van der Waals surface area (Å²) in [5.74, 6) is -0.381. The van der Waals surface area contributed by atoms with Gasteiger partial charge in [-0.1, -0.05) is 0 Å². The summed E-state index contributed by atoms with van der Waals surface area (Å²) in [6.07, 6.45) is 4.89. The highest BCUT2D eigenvalue weighted by Crippen LogP contribution is 2.32. The van der Waals surface area contributed by atoms with Crippen molar-refractivity contribution in [3.63, 3.8) is 0 Å². The lowest BCUT2D eigenvalue weighted by atomic mass is 9.93. The maximum absolute atomic E-state index is 12.3. The van der Waals surface area contributed by atoms with Gasteiger partial charge in [-0.2, -0.15) is 5.10 Å². The first kappa shape index (κ1) is 13.7. The highest BCUT2D eigenvalue weighted by atomic mass is 16.7. The van der Waals surface area contributed by atoms with Crippen LogP contribution in [0, 0.1) is 0 Å². The molecule has 0 aliphatic heterocycles. The van der Waals surface area contributed by atoms with Crippen LogP contribution in [0.1, 0.15) is 42.5 Å². The average molecular weight is 287 g/mol. The Kier molecular flexibility index (Phi) is 3.21.